The second-order valence-electron chi connectivity index (χ2n) is 6.95. The Hall–Kier alpha value is -3.09. The third kappa shape index (κ3) is 7.10. The molecule has 0 aliphatic heterocycles. The van der Waals surface area contributed by atoms with Crippen molar-refractivity contribution >= 4 is 17.5 Å². The molecule has 0 heterocycles. The number of aliphatic carboxylic acids is 1. The summed E-state index contributed by atoms with van der Waals surface area (Å²) in [6, 6.07) is 7.34. The van der Waals surface area contributed by atoms with Crippen molar-refractivity contribution in [3.8, 4) is 5.75 Å². The molecule has 0 amide bonds. The van der Waals surface area contributed by atoms with Gasteiger partial charge in [-0.25, -0.2) is 0 Å². The zero-order chi connectivity index (χ0) is 21.2. The molecule has 0 atom stereocenters. The van der Waals surface area contributed by atoms with Gasteiger partial charge in [0.2, 0.25) is 11.6 Å². The summed E-state index contributed by atoms with van der Waals surface area (Å²) in [4.78, 5) is 33.8. The van der Waals surface area contributed by atoms with Gasteiger partial charge in [-0.15, -0.1) is 0 Å². The van der Waals surface area contributed by atoms with Gasteiger partial charge in [0.15, 0.2) is 11.5 Å². The van der Waals surface area contributed by atoms with Crippen LogP contribution < -0.4 is 4.74 Å². The fraction of sp³-hybridized carbons (Fsp3) is 0.409. The van der Waals surface area contributed by atoms with E-state index in [1.807, 2.05) is 24.3 Å². The zero-order valence-corrected chi connectivity index (χ0v) is 16.2. The van der Waals surface area contributed by atoms with E-state index >= 15 is 0 Å². The van der Waals surface area contributed by atoms with Crippen LogP contribution in [0.3, 0.4) is 0 Å². The standard InChI is InChI=1S/C22H26O7/c23-18-14-19(24)22(28)17(21(18)27)12-9-15-7-10-16(11-8-15)29-13-5-3-1-2-4-6-20(25)26/h7-8,10-11,14,23,28H,1-6,9,12-13H2,(H,25,26). The first-order valence-electron chi connectivity index (χ1n) is 9.74. The number of aryl methyl sites for hydroxylation is 1. The van der Waals surface area contributed by atoms with Crippen molar-refractivity contribution in [3.63, 3.8) is 0 Å². The lowest BCUT2D eigenvalue weighted by Gasteiger charge is -2.12. The molecule has 156 valence electrons. The molecule has 0 aromatic heterocycles. The van der Waals surface area contributed by atoms with Crippen LogP contribution in [0.4, 0.5) is 0 Å². The van der Waals surface area contributed by atoms with Crippen molar-refractivity contribution in [2.24, 2.45) is 0 Å². The molecule has 0 unspecified atom stereocenters. The summed E-state index contributed by atoms with van der Waals surface area (Å²) < 4.78 is 5.68. The van der Waals surface area contributed by atoms with Crippen LogP contribution in [-0.2, 0) is 20.8 Å². The average Bonchev–Trinajstić information content (AvgIpc) is 2.69. The molecule has 29 heavy (non-hydrogen) atoms. The Morgan fingerprint density at radius 2 is 1.55 bits per heavy atom. The van der Waals surface area contributed by atoms with Gasteiger partial charge in [0, 0.05) is 18.1 Å². The highest BCUT2D eigenvalue weighted by Crippen LogP contribution is 2.22. The van der Waals surface area contributed by atoms with Crippen LogP contribution in [0.1, 0.15) is 50.5 Å². The number of hydrogen-bond donors (Lipinski definition) is 3. The van der Waals surface area contributed by atoms with Crippen molar-refractivity contribution in [2.45, 2.75) is 51.4 Å². The smallest absolute Gasteiger partial charge is 0.303 e. The summed E-state index contributed by atoms with van der Waals surface area (Å²) in [5, 5.41) is 27.8. The second-order valence-corrected chi connectivity index (χ2v) is 6.95. The first kappa shape index (κ1) is 22.2. The Bertz CT molecular complexity index is 803. The number of benzene rings is 1. The van der Waals surface area contributed by atoms with Crippen LogP contribution in [0.15, 0.2) is 47.4 Å². The van der Waals surface area contributed by atoms with Crippen molar-refractivity contribution in [3.05, 3.63) is 53.0 Å². The molecule has 2 rings (SSSR count). The van der Waals surface area contributed by atoms with E-state index in [9.17, 15) is 24.6 Å². The molecule has 1 aromatic carbocycles. The van der Waals surface area contributed by atoms with Gasteiger partial charge in [-0.05, 0) is 43.4 Å². The highest BCUT2D eigenvalue weighted by Gasteiger charge is 2.27. The molecular formula is C22H26O7. The predicted molar refractivity (Wildman–Crippen MR) is 106 cm³/mol. The van der Waals surface area contributed by atoms with Gasteiger partial charge < -0.3 is 20.1 Å². The first-order valence-corrected chi connectivity index (χ1v) is 9.74. The lowest BCUT2D eigenvalue weighted by Crippen LogP contribution is -2.19. The van der Waals surface area contributed by atoms with Crippen molar-refractivity contribution in [1.29, 1.82) is 0 Å². The number of ether oxygens (including phenoxy) is 1. The predicted octanol–water partition coefficient (Wildman–Crippen LogP) is 3.83. The number of unbranched alkanes of at least 4 members (excludes halogenated alkanes) is 4. The molecule has 7 nitrogen and oxygen atoms in total. The van der Waals surface area contributed by atoms with Crippen molar-refractivity contribution < 1.29 is 34.4 Å². The summed E-state index contributed by atoms with van der Waals surface area (Å²) >= 11 is 0. The number of aliphatic hydroxyl groups is 2. The van der Waals surface area contributed by atoms with Gasteiger partial charge in [0.1, 0.15) is 5.75 Å². The number of carbonyl (C=O) groups is 3. The highest BCUT2D eigenvalue weighted by molar-refractivity contribution is 6.20. The molecule has 1 aromatic rings. The molecule has 0 fully saturated rings. The molecule has 1 aliphatic carbocycles. The van der Waals surface area contributed by atoms with Crippen LogP contribution in [0.25, 0.3) is 0 Å². The van der Waals surface area contributed by atoms with E-state index in [1.54, 1.807) is 0 Å². The summed E-state index contributed by atoms with van der Waals surface area (Å²) in [6.07, 6.45) is 6.03. The number of allylic oxidation sites excluding steroid dienone is 2. The molecule has 0 spiro atoms. The van der Waals surface area contributed by atoms with E-state index in [-0.39, 0.29) is 18.4 Å². The third-order valence-corrected chi connectivity index (χ3v) is 4.68. The minimum absolute atomic E-state index is 0.0707. The highest BCUT2D eigenvalue weighted by atomic mass is 16.5. The Balaban J connectivity index is 1.70. The molecule has 1 aliphatic rings. The number of ketones is 2. The maximum absolute atomic E-state index is 11.9. The Kier molecular flexibility index (Phi) is 8.45. The second kappa shape index (κ2) is 11.0. The SMILES string of the molecule is O=C(O)CCCCCCCOc1ccc(CCC2=C(O)C(=O)C=C(O)C2=O)cc1. The molecule has 0 saturated heterocycles. The molecule has 0 saturated carbocycles. The largest absolute Gasteiger partial charge is 0.504 e. The number of rotatable bonds is 12. The molecular weight excluding hydrogens is 376 g/mol. The molecule has 0 bridgehead atoms. The number of Topliss-reactive ketones (excluding diaryl/α,β-unsaturated/α-hetero) is 1. The van der Waals surface area contributed by atoms with E-state index < -0.39 is 29.1 Å². The van der Waals surface area contributed by atoms with Gasteiger partial charge >= 0.3 is 5.97 Å². The fourth-order valence-electron chi connectivity index (χ4n) is 3.02. The normalized spacial score (nSPS) is 14.1. The summed E-state index contributed by atoms with van der Waals surface area (Å²) in [7, 11) is 0. The Morgan fingerprint density at radius 3 is 2.24 bits per heavy atom. The summed E-state index contributed by atoms with van der Waals surface area (Å²) in [5.41, 5.74) is 0.837. The summed E-state index contributed by atoms with van der Waals surface area (Å²) in [6.45, 7) is 0.585. The minimum Gasteiger partial charge on any atom is -0.504 e. The van der Waals surface area contributed by atoms with Crippen LogP contribution in [0.2, 0.25) is 0 Å². The van der Waals surface area contributed by atoms with Crippen LogP contribution in [0, 0.1) is 0 Å². The van der Waals surface area contributed by atoms with E-state index in [1.165, 1.54) is 0 Å². The monoisotopic (exact) mass is 402 g/mol. The molecule has 0 radical (unpaired) electrons. The number of carboxylic acid groups (broad SMARTS) is 1. The Labute approximate surface area is 169 Å². The van der Waals surface area contributed by atoms with Gasteiger partial charge in [-0.2, -0.15) is 0 Å². The number of aliphatic hydroxyl groups excluding tert-OH is 2. The quantitative estimate of drug-likeness (QED) is 0.359. The number of carboxylic acids is 1. The first-order chi connectivity index (χ1) is 13.9. The zero-order valence-electron chi connectivity index (χ0n) is 16.2. The third-order valence-electron chi connectivity index (χ3n) is 4.68. The van der Waals surface area contributed by atoms with E-state index in [0.717, 1.165) is 43.1 Å². The molecule has 3 N–H and O–H groups in total. The minimum atomic E-state index is -0.761. The van der Waals surface area contributed by atoms with Gasteiger partial charge in [0.05, 0.1) is 6.61 Å². The van der Waals surface area contributed by atoms with Crippen LogP contribution in [-0.4, -0.2) is 39.5 Å². The van der Waals surface area contributed by atoms with Crippen molar-refractivity contribution in [2.75, 3.05) is 6.61 Å². The van der Waals surface area contributed by atoms with Gasteiger partial charge in [-0.1, -0.05) is 31.4 Å². The topological polar surface area (TPSA) is 121 Å². The van der Waals surface area contributed by atoms with E-state index in [2.05, 4.69) is 0 Å². The van der Waals surface area contributed by atoms with E-state index in [0.29, 0.717) is 19.4 Å². The lowest BCUT2D eigenvalue weighted by atomic mass is 9.94. The number of hydrogen-bond acceptors (Lipinski definition) is 6. The van der Waals surface area contributed by atoms with Gasteiger partial charge in [0.25, 0.3) is 0 Å². The van der Waals surface area contributed by atoms with Gasteiger partial charge in [-0.3, -0.25) is 14.4 Å². The maximum Gasteiger partial charge on any atom is 0.303 e. The fourth-order valence-corrected chi connectivity index (χ4v) is 3.02. The average molecular weight is 402 g/mol. The van der Waals surface area contributed by atoms with Crippen LogP contribution >= 0.6 is 0 Å². The number of carbonyl (C=O) groups excluding carboxylic acids is 2. The van der Waals surface area contributed by atoms with Crippen LogP contribution in [0.5, 0.6) is 5.75 Å². The Morgan fingerprint density at radius 1 is 0.897 bits per heavy atom. The van der Waals surface area contributed by atoms with E-state index in [4.69, 9.17) is 9.84 Å². The lowest BCUT2D eigenvalue weighted by molar-refractivity contribution is -0.137. The molecule has 7 heteroatoms. The van der Waals surface area contributed by atoms with Crippen molar-refractivity contribution in [1.82, 2.24) is 0 Å². The maximum atomic E-state index is 11.9. The summed E-state index contributed by atoms with van der Waals surface area (Å²) in [5.74, 6) is -2.75.